The zero-order valence-electron chi connectivity index (χ0n) is 10.2. The maximum absolute atomic E-state index is 5.19. The average molecular weight is 229 g/mol. The molecule has 0 radical (unpaired) electrons. The molecule has 0 aliphatic rings. The van der Waals surface area contributed by atoms with Gasteiger partial charge >= 0.3 is 0 Å². The van der Waals surface area contributed by atoms with Crippen LogP contribution in [0.4, 0.5) is 5.82 Å². The standard InChI is InChI=1S/C13H15N3O/c1-9-7-12(15-16-13(9)14-2)10-5-4-6-11(8-10)17-3/h4-8H,1-3H3,(H,14,16). The van der Waals surface area contributed by atoms with Crippen LogP contribution in [0.5, 0.6) is 5.75 Å². The molecule has 0 amide bonds. The number of hydrogen-bond donors (Lipinski definition) is 1. The molecule has 0 saturated heterocycles. The lowest BCUT2D eigenvalue weighted by Gasteiger charge is -2.06. The molecule has 0 unspecified atom stereocenters. The van der Waals surface area contributed by atoms with Crippen molar-refractivity contribution in [1.29, 1.82) is 0 Å². The predicted molar refractivity (Wildman–Crippen MR) is 68.3 cm³/mol. The molecule has 2 rings (SSSR count). The summed E-state index contributed by atoms with van der Waals surface area (Å²) in [6.45, 7) is 2.00. The fraction of sp³-hybridized carbons (Fsp3) is 0.231. The minimum atomic E-state index is 0.802. The van der Waals surface area contributed by atoms with Crippen molar-refractivity contribution in [3.8, 4) is 17.0 Å². The van der Waals surface area contributed by atoms with Crippen molar-refractivity contribution in [2.75, 3.05) is 19.5 Å². The van der Waals surface area contributed by atoms with Gasteiger partial charge in [0, 0.05) is 12.6 Å². The van der Waals surface area contributed by atoms with Gasteiger partial charge in [0.25, 0.3) is 0 Å². The minimum absolute atomic E-state index is 0.802. The average Bonchev–Trinajstić information content (AvgIpc) is 2.38. The maximum atomic E-state index is 5.19. The fourth-order valence-electron chi connectivity index (χ4n) is 1.66. The van der Waals surface area contributed by atoms with Crippen LogP contribution < -0.4 is 10.1 Å². The van der Waals surface area contributed by atoms with Crippen LogP contribution in [0.2, 0.25) is 0 Å². The first kappa shape index (κ1) is 11.4. The topological polar surface area (TPSA) is 47.0 Å². The van der Waals surface area contributed by atoms with Gasteiger partial charge in [-0.2, -0.15) is 0 Å². The lowest BCUT2D eigenvalue weighted by Crippen LogP contribution is -1.99. The molecule has 2 aromatic rings. The highest BCUT2D eigenvalue weighted by molar-refractivity contribution is 5.63. The molecule has 1 heterocycles. The highest BCUT2D eigenvalue weighted by Crippen LogP contribution is 2.23. The number of aromatic nitrogens is 2. The number of nitrogens with one attached hydrogen (secondary N) is 1. The SMILES string of the molecule is CNc1nnc(-c2cccc(OC)c2)cc1C. The first-order valence-electron chi connectivity index (χ1n) is 5.41. The first-order valence-corrected chi connectivity index (χ1v) is 5.41. The van der Waals surface area contributed by atoms with Crippen molar-refractivity contribution in [2.24, 2.45) is 0 Å². The second-order valence-corrected chi connectivity index (χ2v) is 3.74. The lowest BCUT2D eigenvalue weighted by atomic mass is 10.1. The van der Waals surface area contributed by atoms with Gasteiger partial charge in [0.1, 0.15) is 5.75 Å². The number of aryl methyl sites for hydroxylation is 1. The van der Waals surface area contributed by atoms with Crippen LogP contribution in [-0.4, -0.2) is 24.4 Å². The zero-order valence-corrected chi connectivity index (χ0v) is 10.2. The number of nitrogens with zero attached hydrogens (tertiary/aromatic N) is 2. The van der Waals surface area contributed by atoms with Crippen molar-refractivity contribution >= 4 is 5.82 Å². The van der Waals surface area contributed by atoms with E-state index in [2.05, 4.69) is 15.5 Å². The van der Waals surface area contributed by atoms with Crippen LogP contribution in [0.1, 0.15) is 5.56 Å². The molecule has 0 atom stereocenters. The number of methoxy groups -OCH3 is 1. The van der Waals surface area contributed by atoms with Crippen LogP contribution in [0.3, 0.4) is 0 Å². The highest BCUT2D eigenvalue weighted by atomic mass is 16.5. The molecule has 0 spiro atoms. The van der Waals surface area contributed by atoms with Crippen LogP contribution >= 0.6 is 0 Å². The van der Waals surface area contributed by atoms with E-state index in [9.17, 15) is 0 Å². The summed E-state index contributed by atoms with van der Waals surface area (Å²) in [4.78, 5) is 0. The monoisotopic (exact) mass is 229 g/mol. The summed E-state index contributed by atoms with van der Waals surface area (Å²) in [5, 5.41) is 11.3. The first-order chi connectivity index (χ1) is 8.24. The largest absolute Gasteiger partial charge is 0.497 e. The quantitative estimate of drug-likeness (QED) is 0.878. The summed E-state index contributed by atoms with van der Waals surface area (Å²) in [5.41, 5.74) is 2.92. The van der Waals surface area contributed by atoms with Gasteiger partial charge in [0.2, 0.25) is 0 Å². The molecule has 0 saturated carbocycles. The molecule has 0 aliphatic heterocycles. The molecule has 1 N–H and O–H groups in total. The van der Waals surface area contributed by atoms with E-state index in [0.29, 0.717) is 0 Å². The van der Waals surface area contributed by atoms with Crippen molar-refractivity contribution in [3.05, 3.63) is 35.9 Å². The van der Waals surface area contributed by atoms with Gasteiger partial charge in [-0.05, 0) is 30.7 Å². The molecule has 4 heteroatoms. The molecular formula is C13H15N3O. The van der Waals surface area contributed by atoms with Crippen molar-refractivity contribution in [2.45, 2.75) is 6.92 Å². The van der Waals surface area contributed by atoms with Gasteiger partial charge in [-0.1, -0.05) is 12.1 Å². The number of anilines is 1. The van der Waals surface area contributed by atoms with E-state index < -0.39 is 0 Å². The Bertz CT molecular complexity index is 526. The van der Waals surface area contributed by atoms with E-state index in [1.165, 1.54) is 0 Å². The van der Waals surface area contributed by atoms with Crippen molar-refractivity contribution in [3.63, 3.8) is 0 Å². The Morgan fingerprint density at radius 1 is 1.18 bits per heavy atom. The molecule has 4 nitrogen and oxygen atoms in total. The molecule has 88 valence electrons. The van der Waals surface area contributed by atoms with Crippen LogP contribution in [0.25, 0.3) is 11.3 Å². The lowest BCUT2D eigenvalue weighted by molar-refractivity contribution is 0.415. The summed E-state index contributed by atoms with van der Waals surface area (Å²) in [6, 6.07) is 9.80. The third-order valence-corrected chi connectivity index (χ3v) is 2.59. The Kier molecular flexibility index (Phi) is 3.23. The fourth-order valence-corrected chi connectivity index (χ4v) is 1.66. The second-order valence-electron chi connectivity index (χ2n) is 3.74. The van der Waals surface area contributed by atoms with Gasteiger partial charge in [0.05, 0.1) is 12.8 Å². The highest BCUT2D eigenvalue weighted by Gasteiger charge is 2.05. The van der Waals surface area contributed by atoms with E-state index in [1.807, 2.05) is 44.3 Å². The van der Waals surface area contributed by atoms with Crippen LogP contribution in [-0.2, 0) is 0 Å². The van der Waals surface area contributed by atoms with Gasteiger partial charge in [-0.15, -0.1) is 10.2 Å². The van der Waals surface area contributed by atoms with Crippen molar-refractivity contribution < 1.29 is 4.74 Å². The Hall–Kier alpha value is -2.10. The van der Waals surface area contributed by atoms with Gasteiger partial charge in [-0.25, -0.2) is 0 Å². The summed E-state index contributed by atoms with van der Waals surface area (Å²) >= 11 is 0. The summed E-state index contributed by atoms with van der Waals surface area (Å²) < 4.78 is 5.19. The Morgan fingerprint density at radius 3 is 2.65 bits per heavy atom. The number of ether oxygens (including phenoxy) is 1. The molecular weight excluding hydrogens is 214 g/mol. The van der Waals surface area contributed by atoms with Gasteiger partial charge in [-0.3, -0.25) is 0 Å². The minimum Gasteiger partial charge on any atom is -0.497 e. The van der Waals surface area contributed by atoms with Gasteiger partial charge in [0.15, 0.2) is 5.82 Å². The Labute approximate surface area is 101 Å². The molecule has 1 aromatic heterocycles. The summed E-state index contributed by atoms with van der Waals surface area (Å²) in [5.74, 6) is 1.62. The number of hydrogen-bond acceptors (Lipinski definition) is 4. The molecule has 17 heavy (non-hydrogen) atoms. The molecule has 1 aromatic carbocycles. The van der Waals surface area contributed by atoms with E-state index >= 15 is 0 Å². The zero-order chi connectivity index (χ0) is 12.3. The third-order valence-electron chi connectivity index (χ3n) is 2.59. The Balaban J connectivity index is 2.42. The van der Waals surface area contributed by atoms with Crippen LogP contribution in [0.15, 0.2) is 30.3 Å². The van der Waals surface area contributed by atoms with Gasteiger partial charge < -0.3 is 10.1 Å². The number of benzene rings is 1. The predicted octanol–water partition coefficient (Wildman–Crippen LogP) is 2.50. The summed E-state index contributed by atoms with van der Waals surface area (Å²) in [6.07, 6.45) is 0. The van der Waals surface area contributed by atoms with E-state index in [1.54, 1.807) is 7.11 Å². The summed E-state index contributed by atoms with van der Waals surface area (Å²) in [7, 11) is 3.49. The van der Waals surface area contributed by atoms with Crippen LogP contribution in [0, 0.1) is 6.92 Å². The third kappa shape index (κ3) is 2.36. The maximum Gasteiger partial charge on any atom is 0.151 e. The van der Waals surface area contributed by atoms with E-state index in [4.69, 9.17) is 4.74 Å². The Morgan fingerprint density at radius 2 is 2.00 bits per heavy atom. The normalized spacial score (nSPS) is 10.1. The van der Waals surface area contributed by atoms with Crippen molar-refractivity contribution in [1.82, 2.24) is 10.2 Å². The number of rotatable bonds is 3. The van der Waals surface area contributed by atoms with E-state index in [-0.39, 0.29) is 0 Å². The van der Waals surface area contributed by atoms with E-state index in [0.717, 1.165) is 28.4 Å². The second kappa shape index (κ2) is 4.82. The molecule has 0 bridgehead atoms. The molecule has 0 aliphatic carbocycles. The smallest absolute Gasteiger partial charge is 0.151 e. The molecule has 0 fully saturated rings.